The molecule has 2 saturated heterocycles. The number of rotatable bonds is 7. The van der Waals surface area contributed by atoms with Crippen molar-refractivity contribution < 1.29 is 8.42 Å². The first kappa shape index (κ1) is 20.3. The van der Waals surface area contributed by atoms with Gasteiger partial charge in [-0.2, -0.15) is 4.31 Å². The minimum absolute atomic E-state index is 0.292. The van der Waals surface area contributed by atoms with E-state index in [1.165, 1.54) is 11.8 Å². The molecular formula is C22H30N4O2S. The van der Waals surface area contributed by atoms with Gasteiger partial charge in [-0.15, -0.1) is 0 Å². The molecule has 7 heteroatoms. The van der Waals surface area contributed by atoms with Gasteiger partial charge >= 0.3 is 0 Å². The fourth-order valence-electron chi connectivity index (χ4n) is 4.14. The molecule has 0 aliphatic carbocycles. The molecule has 1 aromatic heterocycles. The number of sulfonamides is 1. The van der Waals surface area contributed by atoms with E-state index in [0.29, 0.717) is 24.0 Å². The van der Waals surface area contributed by atoms with E-state index in [1.54, 1.807) is 16.4 Å². The number of benzene rings is 1. The lowest BCUT2D eigenvalue weighted by molar-refractivity contribution is 0.221. The van der Waals surface area contributed by atoms with Crippen molar-refractivity contribution in [1.29, 1.82) is 0 Å². The molecular weight excluding hydrogens is 384 g/mol. The van der Waals surface area contributed by atoms with Crippen LogP contribution in [-0.4, -0.2) is 61.4 Å². The van der Waals surface area contributed by atoms with Crippen LogP contribution in [0.4, 0.5) is 5.82 Å². The zero-order valence-electron chi connectivity index (χ0n) is 16.8. The highest BCUT2D eigenvalue weighted by atomic mass is 32.2. The van der Waals surface area contributed by atoms with Gasteiger partial charge in [0.05, 0.1) is 0 Å². The van der Waals surface area contributed by atoms with Crippen LogP contribution in [0.15, 0.2) is 53.6 Å². The molecule has 2 aliphatic heterocycles. The number of hydrogen-bond donors (Lipinski definition) is 1. The number of aromatic nitrogens is 1. The summed E-state index contributed by atoms with van der Waals surface area (Å²) in [4.78, 5) is 7.19. The van der Waals surface area contributed by atoms with Crippen LogP contribution < -0.4 is 5.32 Å². The van der Waals surface area contributed by atoms with Gasteiger partial charge in [0, 0.05) is 45.0 Å². The summed E-state index contributed by atoms with van der Waals surface area (Å²) < 4.78 is 26.7. The highest BCUT2D eigenvalue weighted by Gasteiger charge is 2.27. The van der Waals surface area contributed by atoms with Gasteiger partial charge in [0.2, 0.25) is 10.0 Å². The second kappa shape index (κ2) is 9.24. The molecule has 2 fully saturated rings. The average Bonchev–Trinajstić information content (AvgIpc) is 3.30. The van der Waals surface area contributed by atoms with E-state index in [-0.39, 0.29) is 0 Å². The Hall–Kier alpha value is -1.96. The second-order valence-electron chi connectivity index (χ2n) is 7.99. The van der Waals surface area contributed by atoms with Gasteiger partial charge in [0.25, 0.3) is 0 Å². The maximum absolute atomic E-state index is 12.6. The van der Waals surface area contributed by atoms with Crippen molar-refractivity contribution in [3.8, 4) is 0 Å². The molecule has 1 N–H and O–H groups in total. The second-order valence-corrected chi connectivity index (χ2v) is 9.92. The van der Waals surface area contributed by atoms with E-state index in [2.05, 4.69) is 45.5 Å². The predicted molar refractivity (Wildman–Crippen MR) is 115 cm³/mol. The highest BCUT2D eigenvalue weighted by molar-refractivity contribution is 7.89. The van der Waals surface area contributed by atoms with Crippen molar-refractivity contribution in [2.75, 3.05) is 38.0 Å². The van der Waals surface area contributed by atoms with Crippen molar-refractivity contribution in [2.45, 2.75) is 43.0 Å². The molecule has 4 rings (SSSR count). The summed E-state index contributed by atoms with van der Waals surface area (Å²) in [6.45, 7) is 4.48. The van der Waals surface area contributed by atoms with E-state index in [1.807, 2.05) is 0 Å². The van der Waals surface area contributed by atoms with E-state index in [0.717, 1.165) is 57.6 Å². The van der Waals surface area contributed by atoms with Crippen molar-refractivity contribution in [3.05, 3.63) is 54.2 Å². The van der Waals surface area contributed by atoms with Gasteiger partial charge in [0.15, 0.2) is 0 Å². The minimum Gasteiger partial charge on any atom is -0.367 e. The molecule has 3 heterocycles. The summed E-state index contributed by atoms with van der Waals surface area (Å²) in [6.07, 6.45) is 6.61. The SMILES string of the molecule is O=S(=O)(c1ccc(NC2CCN(CCc3ccccc3)CC2)nc1)N1CCCC1. The summed E-state index contributed by atoms with van der Waals surface area (Å²) in [7, 11) is -3.39. The summed E-state index contributed by atoms with van der Waals surface area (Å²) in [5.74, 6) is 0.758. The Morgan fingerprint density at radius 3 is 2.34 bits per heavy atom. The largest absolute Gasteiger partial charge is 0.367 e. The summed E-state index contributed by atoms with van der Waals surface area (Å²) in [5, 5.41) is 3.48. The Labute approximate surface area is 174 Å². The van der Waals surface area contributed by atoms with Crippen LogP contribution in [0.2, 0.25) is 0 Å². The van der Waals surface area contributed by atoms with E-state index in [9.17, 15) is 8.42 Å². The number of anilines is 1. The first-order chi connectivity index (χ1) is 14.1. The molecule has 0 bridgehead atoms. The Morgan fingerprint density at radius 2 is 1.69 bits per heavy atom. The maximum Gasteiger partial charge on any atom is 0.244 e. The molecule has 0 saturated carbocycles. The molecule has 2 aromatic rings. The minimum atomic E-state index is -3.39. The van der Waals surface area contributed by atoms with Gasteiger partial charge in [-0.25, -0.2) is 13.4 Å². The summed E-state index contributed by atoms with van der Waals surface area (Å²) >= 11 is 0. The molecule has 1 aromatic carbocycles. The third kappa shape index (κ3) is 5.15. The van der Waals surface area contributed by atoms with Gasteiger partial charge in [-0.05, 0) is 49.8 Å². The topological polar surface area (TPSA) is 65.5 Å². The predicted octanol–water partition coefficient (Wildman–Crippen LogP) is 2.99. The Kier molecular flexibility index (Phi) is 6.47. The van der Waals surface area contributed by atoms with Gasteiger partial charge in [-0.3, -0.25) is 0 Å². The van der Waals surface area contributed by atoms with Gasteiger partial charge in [0.1, 0.15) is 10.7 Å². The number of piperidine rings is 1. The molecule has 0 spiro atoms. The van der Waals surface area contributed by atoms with E-state index < -0.39 is 10.0 Å². The number of nitrogens with one attached hydrogen (secondary N) is 1. The monoisotopic (exact) mass is 414 g/mol. The van der Waals surface area contributed by atoms with Crippen molar-refractivity contribution in [1.82, 2.24) is 14.2 Å². The van der Waals surface area contributed by atoms with Crippen LogP contribution in [0, 0.1) is 0 Å². The van der Waals surface area contributed by atoms with Crippen molar-refractivity contribution in [3.63, 3.8) is 0 Å². The van der Waals surface area contributed by atoms with Crippen LogP contribution in [0.25, 0.3) is 0 Å². The highest BCUT2D eigenvalue weighted by Crippen LogP contribution is 2.22. The first-order valence-electron chi connectivity index (χ1n) is 10.6. The summed E-state index contributed by atoms with van der Waals surface area (Å²) in [6, 6.07) is 14.5. The van der Waals surface area contributed by atoms with Crippen LogP contribution in [0.1, 0.15) is 31.2 Å². The molecule has 0 atom stereocenters. The molecule has 29 heavy (non-hydrogen) atoms. The number of hydrogen-bond acceptors (Lipinski definition) is 5. The molecule has 0 amide bonds. The zero-order valence-corrected chi connectivity index (χ0v) is 17.7. The lowest BCUT2D eigenvalue weighted by Gasteiger charge is -2.32. The smallest absolute Gasteiger partial charge is 0.244 e. The molecule has 0 unspecified atom stereocenters. The Balaban J connectivity index is 1.25. The molecule has 156 valence electrons. The van der Waals surface area contributed by atoms with Crippen molar-refractivity contribution >= 4 is 15.8 Å². The molecule has 0 radical (unpaired) electrons. The number of pyridine rings is 1. The third-order valence-electron chi connectivity index (χ3n) is 5.94. The van der Waals surface area contributed by atoms with Crippen LogP contribution in [-0.2, 0) is 16.4 Å². The van der Waals surface area contributed by atoms with E-state index in [4.69, 9.17) is 0 Å². The fraction of sp³-hybridized carbons (Fsp3) is 0.500. The Morgan fingerprint density at radius 1 is 0.966 bits per heavy atom. The number of likely N-dealkylation sites (tertiary alicyclic amines) is 1. The quantitative estimate of drug-likeness (QED) is 0.755. The van der Waals surface area contributed by atoms with Gasteiger partial charge in [-0.1, -0.05) is 30.3 Å². The van der Waals surface area contributed by atoms with E-state index >= 15 is 0 Å². The standard InChI is InChI=1S/C22H30N4O2S/c27-29(28,26-13-4-5-14-26)21-8-9-22(23-18-21)24-20-11-16-25(17-12-20)15-10-19-6-2-1-3-7-19/h1-3,6-9,18,20H,4-5,10-17H2,(H,23,24). The molecule has 2 aliphatic rings. The number of nitrogens with zero attached hydrogens (tertiary/aromatic N) is 3. The zero-order chi connectivity index (χ0) is 20.1. The van der Waals surface area contributed by atoms with Crippen LogP contribution in [0.5, 0.6) is 0 Å². The van der Waals surface area contributed by atoms with Crippen molar-refractivity contribution in [2.24, 2.45) is 0 Å². The first-order valence-corrected chi connectivity index (χ1v) is 12.0. The van der Waals surface area contributed by atoms with Crippen LogP contribution >= 0.6 is 0 Å². The van der Waals surface area contributed by atoms with Gasteiger partial charge < -0.3 is 10.2 Å². The lowest BCUT2D eigenvalue weighted by Crippen LogP contribution is -2.40. The third-order valence-corrected chi connectivity index (χ3v) is 7.82. The summed E-state index contributed by atoms with van der Waals surface area (Å²) in [5.41, 5.74) is 1.39. The average molecular weight is 415 g/mol. The lowest BCUT2D eigenvalue weighted by atomic mass is 10.0. The molecule has 6 nitrogen and oxygen atoms in total. The Bertz CT molecular complexity index is 873. The van der Waals surface area contributed by atoms with Crippen LogP contribution in [0.3, 0.4) is 0 Å². The normalized spacial score (nSPS) is 19.4. The maximum atomic E-state index is 12.6. The fourth-order valence-corrected chi connectivity index (χ4v) is 5.60.